The van der Waals surface area contributed by atoms with Gasteiger partial charge < -0.3 is 4.90 Å². The van der Waals surface area contributed by atoms with Crippen molar-refractivity contribution in [1.29, 1.82) is 0 Å². The Kier molecular flexibility index (Phi) is 3.94. The van der Waals surface area contributed by atoms with Gasteiger partial charge in [-0.15, -0.1) is 0 Å². The van der Waals surface area contributed by atoms with Crippen molar-refractivity contribution in [1.82, 2.24) is 4.90 Å². The molecule has 0 fully saturated rings. The summed E-state index contributed by atoms with van der Waals surface area (Å²) in [5.74, 6) is 0. The summed E-state index contributed by atoms with van der Waals surface area (Å²) in [6.07, 6.45) is 2.11. The van der Waals surface area contributed by atoms with Gasteiger partial charge in [0.05, 0.1) is 0 Å². The van der Waals surface area contributed by atoms with Crippen molar-refractivity contribution in [3.8, 4) is 0 Å². The molecule has 1 heteroatoms. The number of hydrogen-bond donors (Lipinski definition) is 0. The molecule has 64 valence electrons. The number of hydrogen-bond acceptors (Lipinski definition) is 1. The van der Waals surface area contributed by atoms with Crippen LogP contribution in [-0.2, 0) is 0 Å². The van der Waals surface area contributed by atoms with Gasteiger partial charge in [0.1, 0.15) is 0 Å². The fourth-order valence-corrected chi connectivity index (χ4v) is 1.29. The molecule has 1 nitrogen and oxygen atoms in total. The first kappa shape index (κ1) is 10.3. The zero-order valence-corrected chi connectivity index (χ0v) is 8.31. The van der Waals surface area contributed by atoms with Crippen LogP contribution in [0.3, 0.4) is 0 Å². The Morgan fingerprint density at radius 3 is 1.91 bits per heavy atom. The molecule has 0 saturated carbocycles. The standard InChI is InChI=1S/C10H19N/c1-7-10(6)11(8(2)3)9(4)5/h7,9H,2H2,1,3-6H3. The van der Waals surface area contributed by atoms with E-state index in [0.29, 0.717) is 6.04 Å². The van der Waals surface area contributed by atoms with Crippen molar-refractivity contribution < 1.29 is 0 Å². The molecule has 0 heterocycles. The number of allylic oxidation sites excluding steroid dienone is 3. The Hall–Kier alpha value is -0.720. The first-order chi connectivity index (χ1) is 5.00. The average molecular weight is 153 g/mol. The highest BCUT2D eigenvalue weighted by atomic mass is 15.2. The van der Waals surface area contributed by atoms with Crippen molar-refractivity contribution in [3.05, 3.63) is 24.0 Å². The summed E-state index contributed by atoms with van der Waals surface area (Å²) in [5.41, 5.74) is 2.38. The molecule has 0 aromatic rings. The molecular weight excluding hydrogens is 134 g/mol. The SMILES string of the molecule is C=C(C)N(C(C)=CC)C(C)C. The van der Waals surface area contributed by atoms with Gasteiger partial charge >= 0.3 is 0 Å². The van der Waals surface area contributed by atoms with Crippen LogP contribution in [0.15, 0.2) is 24.0 Å². The second kappa shape index (κ2) is 4.22. The molecule has 0 spiro atoms. The van der Waals surface area contributed by atoms with Crippen LogP contribution in [-0.4, -0.2) is 10.9 Å². The maximum absolute atomic E-state index is 3.93. The average Bonchev–Trinajstić information content (AvgIpc) is 1.85. The molecule has 0 radical (unpaired) electrons. The summed E-state index contributed by atoms with van der Waals surface area (Å²) >= 11 is 0. The minimum absolute atomic E-state index is 0.503. The summed E-state index contributed by atoms with van der Waals surface area (Å²) in [6.45, 7) is 14.5. The summed E-state index contributed by atoms with van der Waals surface area (Å²) in [6, 6.07) is 0.503. The number of nitrogens with zero attached hydrogens (tertiary/aromatic N) is 1. The van der Waals surface area contributed by atoms with E-state index in [0.717, 1.165) is 5.70 Å². The molecular formula is C10H19N. The van der Waals surface area contributed by atoms with Gasteiger partial charge in [-0.25, -0.2) is 0 Å². The van der Waals surface area contributed by atoms with Crippen LogP contribution < -0.4 is 0 Å². The molecule has 0 amide bonds. The van der Waals surface area contributed by atoms with Crippen molar-refractivity contribution >= 4 is 0 Å². The second-order valence-corrected chi connectivity index (χ2v) is 3.13. The highest BCUT2D eigenvalue weighted by Gasteiger charge is 2.08. The van der Waals surface area contributed by atoms with E-state index in [1.807, 2.05) is 13.8 Å². The second-order valence-electron chi connectivity index (χ2n) is 3.13. The van der Waals surface area contributed by atoms with Crippen LogP contribution in [0.4, 0.5) is 0 Å². The van der Waals surface area contributed by atoms with Crippen molar-refractivity contribution in [2.24, 2.45) is 0 Å². The van der Waals surface area contributed by atoms with Crippen LogP contribution in [0.5, 0.6) is 0 Å². The third-order valence-electron chi connectivity index (χ3n) is 1.73. The molecule has 11 heavy (non-hydrogen) atoms. The third kappa shape index (κ3) is 2.79. The smallest absolute Gasteiger partial charge is 0.0278 e. The molecule has 0 bridgehead atoms. The maximum Gasteiger partial charge on any atom is 0.0278 e. The lowest BCUT2D eigenvalue weighted by Gasteiger charge is -2.29. The van der Waals surface area contributed by atoms with Crippen molar-refractivity contribution in [3.63, 3.8) is 0 Å². The molecule has 0 aliphatic heterocycles. The van der Waals surface area contributed by atoms with E-state index in [-0.39, 0.29) is 0 Å². The Labute approximate surface area is 70.4 Å². The predicted octanol–water partition coefficient (Wildman–Crippen LogP) is 3.15. The fraction of sp³-hybridized carbons (Fsp3) is 0.600. The zero-order valence-electron chi connectivity index (χ0n) is 8.31. The molecule has 0 unspecified atom stereocenters. The largest absolute Gasteiger partial charge is 0.348 e. The fourth-order valence-electron chi connectivity index (χ4n) is 1.29. The van der Waals surface area contributed by atoms with Crippen LogP contribution in [0.1, 0.15) is 34.6 Å². The third-order valence-corrected chi connectivity index (χ3v) is 1.73. The van der Waals surface area contributed by atoms with E-state index in [9.17, 15) is 0 Å². The zero-order chi connectivity index (χ0) is 9.02. The lowest BCUT2D eigenvalue weighted by molar-refractivity contribution is 0.356. The van der Waals surface area contributed by atoms with E-state index in [1.54, 1.807) is 0 Å². The van der Waals surface area contributed by atoms with E-state index in [2.05, 4.69) is 38.3 Å². The van der Waals surface area contributed by atoms with E-state index >= 15 is 0 Å². The summed E-state index contributed by atoms with van der Waals surface area (Å²) in [5, 5.41) is 0. The van der Waals surface area contributed by atoms with Gasteiger partial charge in [-0.3, -0.25) is 0 Å². The van der Waals surface area contributed by atoms with Crippen LogP contribution >= 0.6 is 0 Å². The molecule has 0 atom stereocenters. The topological polar surface area (TPSA) is 3.24 Å². The Morgan fingerprint density at radius 2 is 1.82 bits per heavy atom. The van der Waals surface area contributed by atoms with Crippen LogP contribution in [0.25, 0.3) is 0 Å². The summed E-state index contributed by atoms with van der Waals surface area (Å²) in [7, 11) is 0. The van der Waals surface area contributed by atoms with E-state index in [1.165, 1.54) is 5.70 Å². The van der Waals surface area contributed by atoms with Gasteiger partial charge in [-0.1, -0.05) is 12.7 Å². The van der Waals surface area contributed by atoms with E-state index in [4.69, 9.17) is 0 Å². The van der Waals surface area contributed by atoms with Crippen molar-refractivity contribution in [2.45, 2.75) is 40.7 Å². The number of rotatable bonds is 3. The van der Waals surface area contributed by atoms with Gasteiger partial charge in [0.2, 0.25) is 0 Å². The van der Waals surface area contributed by atoms with E-state index < -0.39 is 0 Å². The Morgan fingerprint density at radius 1 is 1.36 bits per heavy atom. The lowest BCUT2D eigenvalue weighted by Crippen LogP contribution is -2.26. The molecule has 0 aromatic carbocycles. The van der Waals surface area contributed by atoms with Gasteiger partial charge in [-0.05, 0) is 34.6 Å². The summed E-state index contributed by atoms with van der Waals surface area (Å²) in [4.78, 5) is 2.22. The highest BCUT2D eigenvalue weighted by Crippen LogP contribution is 2.14. The van der Waals surface area contributed by atoms with Crippen molar-refractivity contribution in [2.75, 3.05) is 0 Å². The maximum atomic E-state index is 3.93. The lowest BCUT2D eigenvalue weighted by atomic mass is 10.2. The highest BCUT2D eigenvalue weighted by molar-refractivity contribution is 5.07. The van der Waals surface area contributed by atoms with Crippen LogP contribution in [0.2, 0.25) is 0 Å². The molecule has 0 aromatic heterocycles. The molecule has 0 aliphatic carbocycles. The predicted molar refractivity (Wildman–Crippen MR) is 51.2 cm³/mol. The molecule has 0 N–H and O–H groups in total. The normalized spacial score (nSPS) is 12.0. The van der Waals surface area contributed by atoms with Gasteiger partial charge in [0.15, 0.2) is 0 Å². The minimum Gasteiger partial charge on any atom is -0.348 e. The van der Waals surface area contributed by atoms with Gasteiger partial charge in [0, 0.05) is 17.4 Å². The van der Waals surface area contributed by atoms with Gasteiger partial charge in [0.25, 0.3) is 0 Å². The molecule has 0 aliphatic rings. The van der Waals surface area contributed by atoms with Gasteiger partial charge in [-0.2, -0.15) is 0 Å². The first-order valence-corrected chi connectivity index (χ1v) is 4.08. The monoisotopic (exact) mass is 153 g/mol. The minimum atomic E-state index is 0.503. The summed E-state index contributed by atoms with van der Waals surface area (Å²) < 4.78 is 0. The quantitative estimate of drug-likeness (QED) is 0.602. The molecule has 0 rings (SSSR count). The Bertz CT molecular complexity index is 166. The molecule has 0 saturated heterocycles. The first-order valence-electron chi connectivity index (χ1n) is 4.08. The Balaban J connectivity index is 4.48. The van der Waals surface area contributed by atoms with Crippen LogP contribution in [0, 0.1) is 0 Å².